The van der Waals surface area contributed by atoms with Gasteiger partial charge in [-0.15, -0.1) is 0 Å². The van der Waals surface area contributed by atoms with Crippen molar-refractivity contribution in [3.8, 4) is 0 Å². The van der Waals surface area contributed by atoms with E-state index in [1.54, 1.807) is 7.05 Å². The number of urea groups is 1. The Labute approximate surface area is 73.1 Å². The van der Waals surface area contributed by atoms with Crippen molar-refractivity contribution >= 4 is 6.03 Å². The van der Waals surface area contributed by atoms with Gasteiger partial charge in [-0.2, -0.15) is 0 Å². The summed E-state index contributed by atoms with van der Waals surface area (Å²) in [6.07, 6.45) is 1.13. The van der Waals surface area contributed by atoms with Gasteiger partial charge in [0.1, 0.15) is 0 Å². The summed E-state index contributed by atoms with van der Waals surface area (Å²) in [5, 5.41) is 8.71. The summed E-state index contributed by atoms with van der Waals surface area (Å²) >= 11 is 0. The molecule has 0 saturated carbocycles. The second-order valence-electron chi connectivity index (χ2n) is 3.30. The Kier molecular flexibility index (Phi) is 3.34. The SMILES string of the molecule is CNC(=O)NC1CNCCC1C. The highest BCUT2D eigenvalue weighted by Crippen LogP contribution is 2.10. The van der Waals surface area contributed by atoms with Crippen LogP contribution in [0.25, 0.3) is 0 Å². The topological polar surface area (TPSA) is 53.2 Å². The molecule has 1 heterocycles. The molecular formula is C8H17N3O. The summed E-state index contributed by atoms with van der Waals surface area (Å²) in [6.45, 7) is 4.11. The van der Waals surface area contributed by atoms with E-state index in [1.165, 1.54) is 0 Å². The summed E-state index contributed by atoms with van der Waals surface area (Å²) in [4.78, 5) is 11.0. The molecule has 3 N–H and O–H groups in total. The highest BCUT2D eigenvalue weighted by molar-refractivity contribution is 5.73. The van der Waals surface area contributed by atoms with Crippen LogP contribution in [0.3, 0.4) is 0 Å². The number of amides is 2. The first-order chi connectivity index (χ1) is 5.74. The van der Waals surface area contributed by atoms with Crippen LogP contribution in [0.15, 0.2) is 0 Å². The molecule has 0 aromatic rings. The molecule has 4 heteroatoms. The minimum atomic E-state index is -0.0875. The van der Waals surface area contributed by atoms with Crippen molar-refractivity contribution in [2.45, 2.75) is 19.4 Å². The number of hydrogen-bond donors (Lipinski definition) is 3. The fourth-order valence-electron chi connectivity index (χ4n) is 1.42. The number of carbonyl (C=O) groups is 1. The quantitative estimate of drug-likeness (QED) is 0.516. The van der Waals surface area contributed by atoms with E-state index in [1.807, 2.05) is 0 Å². The van der Waals surface area contributed by atoms with Crippen LogP contribution in [-0.2, 0) is 0 Å². The zero-order valence-electron chi connectivity index (χ0n) is 7.68. The van der Waals surface area contributed by atoms with E-state index >= 15 is 0 Å². The lowest BCUT2D eigenvalue weighted by Crippen LogP contribution is -2.52. The molecule has 0 aromatic heterocycles. The zero-order chi connectivity index (χ0) is 8.97. The van der Waals surface area contributed by atoms with Crippen LogP contribution in [-0.4, -0.2) is 32.2 Å². The van der Waals surface area contributed by atoms with E-state index in [0.717, 1.165) is 19.5 Å². The average molecular weight is 171 g/mol. The lowest BCUT2D eigenvalue weighted by atomic mass is 9.95. The maximum atomic E-state index is 11.0. The molecule has 1 rings (SSSR count). The second-order valence-corrected chi connectivity index (χ2v) is 3.30. The molecule has 0 aliphatic carbocycles. The van der Waals surface area contributed by atoms with Crippen molar-refractivity contribution in [2.24, 2.45) is 5.92 Å². The van der Waals surface area contributed by atoms with Crippen molar-refractivity contribution in [1.29, 1.82) is 0 Å². The molecule has 0 radical (unpaired) electrons. The molecule has 0 aromatic carbocycles. The second kappa shape index (κ2) is 4.30. The Hall–Kier alpha value is -0.770. The van der Waals surface area contributed by atoms with Gasteiger partial charge in [0.25, 0.3) is 0 Å². The standard InChI is InChI=1S/C8H17N3O/c1-6-3-4-10-5-7(6)11-8(12)9-2/h6-7,10H,3-5H2,1-2H3,(H2,9,11,12). The van der Waals surface area contributed by atoms with Crippen molar-refractivity contribution in [2.75, 3.05) is 20.1 Å². The van der Waals surface area contributed by atoms with Gasteiger partial charge in [0.05, 0.1) is 0 Å². The van der Waals surface area contributed by atoms with Crippen LogP contribution in [0, 0.1) is 5.92 Å². The molecule has 2 unspecified atom stereocenters. The van der Waals surface area contributed by atoms with Gasteiger partial charge in [0.15, 0.2) is 0 Å². The Morgan fingerprint density at radius 1 is 1.58 bits per heavy atom. The molecule has 1 saturated heterocycles. The van der Waals surface area contributed by atoms with Gasteiger partial charge in [-0.25, -0.2) is 4.79 Å². The Morgan fingerprint density at radius 3 is 2.92 bits per heavy atom. The number of nitrogens with one attached hydrogen (secondary N) is 3. The van der Waals surface area contributed by atoms with E-state index in [4.69, 9.17) is 0 Å². The maximum Gasteiger partial charge on any atom is 0.314 e. The fourth-order valence-corrected chi connectivity index (χ4v) is 1.42. The van der Waals surface area contributed by atoms with E-state index in [-0.39, 0.29) is 12.1 Å². The molecule has 0 bridgehead atoms. The number of carbonyl (C=O) groups excluding carboxylic acids is 1. The molecule has 0 spiro atoms. The highest BCUT2D eigenvalue weighted by atomic mass is 16.2. The van der Waals surface area contributed by atoms with E-state index in [9.17, 15) is 4.79 Å². The van der Waals surface area contributed by atoms with Crippen LogP contribution in [0.4, 0.5) is 4.79 Å². The molecule has 1 fully saturated rings. The van der Waals surface area contributed by atoms with Crippen molar-refractivity contribution < 1.29 is 4.79 Å². The minimum absolute atomic E-state index is 0.0875. The van der Waals surface area contributed by atoms with Crippen molar-refractivity contribution in [3.05, 3.63) is 0 Å². The van der Waals surface area contributed by atoms with Crippen molar-refractivity contribution in [1.82, 2.24) is 16.0 Å². The maximum absolute atomic E-state index is 11.0. The predicted molar refractivity (Wildman–Crippen MR) is 48.0 cm³/mol. The first-order valence-corrected chi connectivity index (χ1v) is 4.43. The number of hydrogen-bond acceptors (Lipinski definition) is 2. The van der Waals surface area contributed by atoms with E-state index in [2.05, 4.69) is 22.9 Å². The van der Waals surface area contributed by atoms with Crippen LogP contribution < -0.4 is 16.0 Å². The average Bonchev–Trinajstić information content (AvgIpc) is 2.09. The molecule has 4 nitrogen and oxygen atoms in total. The monoisotopic (exact) mass is 171 g/mol. The Balaban J connectivity index is 2.33. The highest BCUT2D eigenvalue weighted by Gasteiger charge is 2.21. The largest absolute Gasteiger partial charge is 0.341 e. The van der Waals surface area contributed by atoms with Crippen LogP contribution in [0.2, 0.25) is 0 Å². The summed E-state index contributed by atoms with van der Waals surface area (Å²) in [5.74, 6) is 0.573. The van der Waals surface area contributed by atoms with Gasteiger partial charge >= 0.3 is 6.03 Å². The first kappa shape index (κ1) is 9.32. The molecule has 2 amide bonds. The van der Waals surface area contributed by atoms with Gasteiger partial charge in [-0.3, -0.25) is 0 Å². The lowest BCUT2D eigenvalue weighted by molar-refractivity contribution is 0.227. The molecule has 1 aliphatic rings. The molecule has 12 heavy (non-hydrogen) atoms. The molecular weight excluding hydrogens is 154 g/mol. The normalized spacial score (nSPS) is 29.5. The predicted octanol–water partition coefficient (Wildman–Crippen LogP) is -0.0866. The van der Waals surface area contributed by atoms with Crippen LogP contribution in [0.1, 0.15) is 13.3 Å². The van der Waals surface area contributed by atoms with Gasteiger partial charge < -0.3 is 16.0 Å². The fraction of sp³-hybridized carbons (Fsp3) is 0.875. The van der Waals surface area contributed by atoms with Crippen LogP contribution >= 0.6 is 0 Å². The van der Waals surface area contributed by atoms with Gasteiger partial charge in [-0.05, 0) is 18.9 Å². The first-order valence-electron chi connectivity index (χ1n) is 4.43. The Bertz CT molecular complexity index is 160. The zero-order valence-corrected chi connectivity index (χ0v) is 7.68. The Morgan fingerprint density at radius 2 is 2.33 bits per heavy atom. The van der Waals surface area contributed by atoms with Crippen LogP contribution in [0.5, 0.6) is 0 Å². The van der Waals surface area contributed by atoms with Gasteiger partial charge in [0, 0.05) is 19.6 Å². The van der Waals surface area contributed by atoms with Gasteiger partial charge in [0.2, 0.25) is 0 Å². The third-order valence-corrected chi connectivity index (χ3v) is 2.37. The van der Waals surface area contributed by atoms with Gasteiger partial charge in [-0.1, -0.05) is 6.92 Å². The third-order valence-electron chi connectivity index (χ3n) is 2.37. The van der Waals surface area contributed by atoms with E-state index in [0.29, 0.717) is 5.92 Å². The molecule has 2 atom stereocenters. The summed E-state index contributed by atoms with van der Waals surface area (Å²) in [5.41, 5.74) is 0. The number of piperidine rings is 1. The summed E-state index contributed by atoms with van der Waals surface area (Å²) in [6, 6.07) is 0.189. The molecule has 1 aliphatic heterocycles. The minimum Gasteiger partial charge on any atom is -0.341 e. The number of rotatable bonds is 1. The summed E-state index contributed by atoms with van der Waals surface area (Å²) < 4.78 is 0. The summed E-state index contributed by atoms with van der Waals surface area (Å²) in [7, 11) is 1.64. The molecule has 70 valence electrons. The lowest BCUT2D eigenvalue weighted by Gasteiger charge is -2.29. The van der Waals surface area contributed by atoms with E-state index < -0.39 is 0 Å². The van der Waals surface area contributed by atoms with Crippen molar-refractivity contribution in [3.63, 3.8) is 0 Å². The smallest absolute Gasteiger partial charge is 0.314 e. The third kappa shape index (κ3) is 2.37.